The molecule has 198 valence electrons. The van der Waals surface area contributed by atoms with Crippen LogP contribution in [0.25, 0.3) is 11.3 Å². The lowest BCUT2D eigenvalue weighted by molar-refractivity contribution is -0.239. The van der Waals surface area contributed by atoms with Crippen molar-refractivity contribution in [1.29, 1.82) is 0 Å². The third-order valence-corrected chi connectivity index (χ3v) is 8.64. The number of nitrogens with zero attached hydrogens (tertiary/aromatic N) is 2. The molecule has 0 unspecified atom stereocenters. The van der Waals surface area contributed by atoms with Gasteiger partial charge in [-0.05, 0) is 69.1 Å². The smallest absolute Gasteiger partial charge is 0.387 e. The molecule has 0 radical (unpaired) electrons. The number of rotatable bonds is 8. The molecule has 1 aromatic carbocycles. The standard InChI is InChI=1S/C27H30F2N2O6/c1-25(2)5-4-18-15-6-21(36-14-27-10-26(11-27,12-27)13-35-3)22(37-24(28)29)7-16(15)19-8-20(32)17(23(33)34)9-30(19)31(18)25/h6-9,18,24H,4-5,10-14H2,1-3H3,(H,33,34)/t18-,26?,27?/m1/s1. The molecule has 1 saturated heterocycles. The van der Waals surface area contributed by atoms with E-state index in [1.54, 1.807) is 17.9 Å². The second kappa shape index (κ2) is 7.93. The summed E-state index contributed by atoms with van der Waals surface area (Å²) in [5, 5.41) is 11.6. The number of alkyl halides is 2. The van der Waals surface area contributed by atoms with E-state index in [-0.39, 0.29) is 39.5 Å². The van der Waals surface area contributed by atoms with Crippen LogP contribution in [0.3, 0.4) is 0 Å². The van der Waals surface area contributed by atoms with Crippen LogP contribution >= 0.6 is 0 Å². The van der Waals surface area contributed by atoms with E-state index >= 15 is 0 Å². The molecule has 2 aromatic rings. The Morgan fingerprint density at radius 1 is 1.14 bits per heavy atom. The number of methoxy groups -OCH3 is 1. The highest BCUT2D eigenvalue weighted by atomic mass is 19.3. The molecule has 0 spiro atoms. The zero-order chi connectivity index (χ0) is 26.3. The quantitative estimate of drug-likeness (QED) is 0.550. The van der Waals surface area contributed by atoms with Crippen molar-refractivity contribution in [1.82, 2.24) is 4.68 Å². The Balaban J connectivity index is 1.42. The maximum atomic E-state index is 13.4. The summed E-state index contributed by atoms with van der Waals surface area (Å²) in [6.07, 6.45) is 5.91. The Labute approximate surface area is 212 Å². The Morgan fingerprint density at radius 2 is 1.84 bits per heavy atom. The fraction of sp³-hybridized carbons (Fsp3) is 0.556. The van der Waals surface area contributed by atoms with Gasteiger partial charge in [0.25, 0.3) is 0 Å². The van der Waals surface area contributed by atoms with Gasteiger partial charge in [-0.1, -0.05) is 0 Å². The van der Waals surface area contributed by atoms with Crippen LogP contribution in [-0.4, -0.2) is 48.2 Å². The predicted molar refractivity (Wildman–Crippen MR) is 130 cm³/mol. The van der Waals surface area contributed by atoms with Gasteiger partial charge in [0.15, 0.2) is 16.9 Å². The van der Waals surface area contributed by atoms with E-state index in [9.17, 15) is 23.5 Å². The Kier molecular flexibility index (Phi) is 5.19. The van der Waals surface area contributed by atoms with Crippen LogP contribution < -0.4 is 19.9 Å². The number of carbonyl (C=O) groups is 1. The van der Waals surface area contributed by atoms with Crippen molar-refractivity contribution < 1.29 is 32.9 Å². The van der Waals surface area contributed by atoms with Crippen molar-refractivity contribution in [3.63, 3.8) is 0 Å². The minimum Gasteiger partial charge on any atom is -0.489 e. The molecule has 3 aliphatic carbocycles. The summed E-state index contributed by atoms with van der Waals surface area (Å²) in [6, 6.07) is 4.38. The molecule has 1 aromatic heterocycles. The third-order valence-electron chi connectivity index (χ3n) is 8.64. The number of aromatic carboxylic acids is 1. The average Bonchev–Trinajstić information content (AvgIpc) is 3.09. The summed E-state index contributed by atoms with van der Waals surface area (Å²) < 4.78 is 44.9. The highest BCUT2D eigenvalue weighted by Gasteiger charge is 2.67. The summed E-state index contributed by atoms with van der Waals surface area (Å²) in [7, 11) is 1.70. The van der Waals surface area contributed by atoms with E-state index in [2.05, 4.69) is 18.9 Å². The second-order valence-electron chi connectivity index (χ2n) is 11.8. The number of hydrogen-bond donors (Lipinski definition) is 1. The molecule has 8 nitrogen and oxygen atoms in total. The number of ether oxygens (including phenoxy) is 3. The maximum Gasteiger partial charge on any atom is 0.387 e. The summed E-state index contributed by atoms with van der Waals surface area (Å²) >= 11 is 0. The first-order valence-corrected chi connectivity index (χ1v) is 12.5. The second-order valence-corrected chi connectivity index (χ2v) is 11.8. The molecule has 2 bridgehead atoms. The minimum absolute atomic E-state index is 0.0467. The maximum absolute atomic E-state index is 13.4. The Hall–Kier alpha value is -3.14. The number of pyridine rings is 1. The fourth-order valence-electron chi connectivity index (χ4n) is 7.39. The zero-order valence-corrected chi connectivity index (χ0v) is 21.1. The Morgan fingerprint density at radius 3 is 2.49 bits per heavy atom. The monoisotopic (exact) mass is 516 g/mol. The molecule has 1 atom stereocenters. The van der Waals surface area contributed by atoms with Crippen molar-refractivity contribution >= 4 is 5.97 Å². The van der Waals surface area contributed by atoms with E-state index in [1.165, 1.54) is 18.3 Å². The normalized spacial score (nSPS) is 28.1. The number of benzene rings is 1. The largest absolute Gasteiger partial charge is 0.489 e. The molecule has 1 N–H and O–H groups in total. The summed E-state index contributed by atoms with van der Waals surface area (Å²) in [6.45, 7) is 2.20. The predicted octanol–water partition coefficient (Wildman–Crippen LogP) is 4.58. The van der Waals surface area contributed by atoms with E-state index in [1.807, 2.05) is 0 Å². The number of carboxylic acid groups (broad SMARTS) is 1. The lowest BCUT2D eigenvalue weighted by Gasteiger charge is -2.70. The molecule has 5 aliphatic rings. The van der Waals surface area contributed by atoms with Crippen molar-refractivity contribution in [3.8, 4) is 22.8 Å². The number of hydrogen-bond acceptors (Lipinski definition) is 6. The first kappa shape index (κ1) is 24.2. The van der Waals surface area contributed by atoms with Gasteiger partial charge >= 0.3 is 12.6 Å². The van der Waals surface area contributed by atoms with Gasteiger partial charge < -0.3 is 19.3 Å². The minimum atomic E-state index is -3.05. The van der Waals surface area contributed by atoms with Crippen LogP contribution in [0.1, 0.15) is 67.9 Å². The molecular formula is C27H30F2N2O6. The zero-order valence-electron chi connectivity index (χ0n) is 21.1. The Bertz CT molecular complexity index is 1330. The van der Waals surface area contributed by atoms with Crippen LogP contribution in [0.4, 0.5) is 8.78 Å². The van der Waals surface area contributed by atoms with E-state index in [0.717, 1.165) is 44.3 Å². The van der Waals surface area contributed by atoms with Gasteiger partial charge in [0, 0.05) is 30.4 Å². The summed E-state index contributed by atoms with van der Waals surface area (Å²) in [5.41, 5.74) is 0.792. The third kappa shape index (κ3) is 3.63. The van der Waals surface area contributed by atoms with Crippen LogP contribution in [0, 0.1) is 10.8 Å². The van der Waals surface area contributed by atoms with Crippen LogP contribution in [-0.2, 0) is 4.74 Å². The highest BCUT2D eigenvalue weighted by Crippen LogP contribution is 2.73. The van der Waals surface area contributed by atoms with Gasteiger partial charge in [0.1, 0.15) is 5.56 Å². The first-order chi connectivity index (χ1) is 17.5. The van der Waals surface area contributed by atoms with Crippen molar-refractivity contribution in [3.05, 3.63) is 45.7 Å². The first-order valence-electron chi connectivity index (χ1n) is 12.5. The molecule has 2 aliphatic heterocycles. The summed E-state index contributed by atoms with van der Waals surface area (Å²) in [5.74, 6) is -1.16. The molecule has 3 heterocycles. The number of fused-ring (bicyclic) bond motifs is 6. The molecule has 4 fully saturated rings. The fourth-order valence-corrected chi connectivity index (χ4v) is 7.39. The highest BCUT2D eigenvalue weighted by molar-refractivity contribution is 5.88. The van der Waals surface area contributed by atoms with Gasteiger partial charge in [-0.3, -0.25) is 14.5 Å². The molecular weight excluding hydrogens is 486 g/mol. The van der Waals surface area contributed by atoms with Gasteiger partial charge in [0.05, 0.1) is 30.5 Å². The topological polar surface area (TPSA) is 90.2 Å². The number of halogens is 2. The number of carboxylic acids is 1. The lowest BCUT2D eigenvalue weighted by Crippen LogP contribution is -2.65. The van der Waals surface area contributed by atoms with Gasteiger partial charge in [-0.15, -0.1) is 0 Å². The molecule has 37 heavy (non-hydrogen) atoms. The summed E-state index contributed by atoms with van der Waals surface area (Å²) in [4.78, 5) is 24.4. The van der Waals surface area contributed by atoms with Crippen LogP contribution in [0.5, 0.6) is 11.5 Å². The molecule has 7 rings (SSSR count). The number of aromatic nitrogens is 1. The lowest BCUT2D eigenvalue weighted by atomic mass is 9.35. The molecule has 3 saturated carbocycles. The van der Waals surface area contributed by atoms with Crippen LogP contribution in [0.15, 0.2) is 29.2 Å². The van der Waals surface area contributed by atoms with Crippen LogP contribution in [0.2, 0.25) is 0 Å². The van der Waals surface area contributed by atoms with Crippen molar-refractivity contribution in [2.75, 3.05) is 25.3 Å². The van der Waals surface area contributed by atoms with Gasteiger partial charge in [-0.2, -0.15) is 8.78 Å². The van der Waals surface area contributed by atoms with E-state index in [4.69, 9.17) is 14.2 Å². The van der Waals surface area contributed by atoms with E-state index in [0.29, 0.717) is 17.9 Å². The average molecular weight is 517 g/mol. The molecule has 0 amide bonds. The van der Waals surface area contributed by atoms with Gasteiger partial charge in [0.2, 0.25) is 0 Å². The van der Waals surface area contributed by atoms with E-state index < -0.39 is 18.0 Å². The van der Waals surface area contributed by atoms with Crippen molar-refractivity contribution in [2.24, 2.45) is 10.8 Å². The van der Waals surface area contributed by atoms with Gasteiger partial charge in [-0.25, -0.2) is 4.79 Å². The molecule has 10 heteroatoms. The van der Waals surface area contributed by atoms with Crippen molar-refractivity contribution in [2.45, 2.75) is 64.1 Å². The SMILES string of the molecule is COCC12CC(COc3cc4c(cc3OC(F)F)-c3cc(=O)c(C(=O)O)cn3N3[C@@H]4CCC3(C)C)(C1)C2.